The summed E-state index contributed by atoms with van der Waals surface area (Å²) in [6.45, 7) is 4.61. The number of rotatable bonds is 3. The third kappa shape index (κ3) is 4.49. The summed E-state index contributed by atoms with van der Waals surface area (Å²) in [6.07, 6.45) is 3.27. The summed E-state index contributed by atoms with van der Waals surface area (Å²) in [5.74, 6) is 0.177. The van der Waals surface area contributed by atoms with E-state index in [1.165, 1.54) is 0 Å². The maximum absolute atomic E-state index is 11.4. The predicted molar refractivity (Wildman–Crippen MR) is 64.2 cm³/mol. The highest BCUT2D eigenvalue weighted by molar-refractivity contribution is 5.75. The van der Waals surface area contributed by atoms with Crippen molar-refractivity contribution in [2.45, 2.75) is 38.2 Å². The summed E-state index contributed by atoms with van der Waals surface area (Å²) >= 11 is 0. The van der Waals surface area contributed by atoms with E-state index in [1.54, 1.807) is 19.0 Å². The lowest BCUT2D eigenvalue weighted by molar-refractivity contribution is -0.129. The van der Waals surface area contributed by atoms with Crippen LogP contribution in [0.2, 0.25) is 0 Å². The molecule has 94 valence electrons. The van der Waals surface area contributed by atoms with Crippen LogP contribution in [0.3, 0.4) is 0 Å². The molecule has 1 atom stereocenters. The van der Waals surface area contributed by atoms with Crippen LogP contribution in [-0.2, 0) is 4.79 Å². The number of carbonyl (C=O) groups is 1. The van der Waals surface area contributed by atoms with Gasteiger partial charge >= 0.3 is 0 Å². The van der Waals surface area contributed by atoms with Crippen LogP contribution in [0.5, 0.6) is 0 Å². The molecule has 1 heterocycles. The molecule has 1 aliphatic rings. The topological polar surface area (TPSA) is 43.8 Å². The van der Waals surface area contributed by atoms with Crippen LogP contribution < -0.4 is 0 Å². The van der Waals surface area contributed by atoms with Crippen molar-refractivity contribution in [2.75, 3.05) is 33.7 Å². The second kappa shape index (κ2) is 5.64. The highest BCUT2D eigenvalue weighted by Crippen LogP contribution is 2.21. The van der Waals surface area contributed by atoms with E-state index >= 15 is 0 Å². The first kappa shape index (κ1) is 13.5. The van der Waals surface area contributed by atoms with Gasteiger partial charge < -0.3 is 14.9 Å². The molecule has 1 amide bonds. The van der Waals surface area contributed by atoms with Crippen molar-refractivity contribution in [3.63, 3.8) is 0 Å². The third-order valence-corrected chi connectivity index (χ3v) is 3.30. The molecular weight excluding hydrogens is 204 g/mol. The van der Waals surface area contributed by atoms with Crippen LogP contribution in [0, 0.1) is 0 Å². The molecule has 1 saturated heterocycles. The molecule has 1 unspecified atom stereocenters. The molecule has 4 heteroatoms. The van der Waals surface area contributed by atoms with E-state index < -0.39 is 5.60 Å². The highest BCUT2D eigenvalue weighted by Gasteiger charge is 2.24. The van der Waals surface area contributed by atoms with Gasteiger partial charge in [0.1, 0.15) is 0 Å². The molecule has 1 N–H and O–H groups in total. The Morgan fingerprint density at radius 2 is 2.06 bits per heavy atom. The number of carbonyl (C=O) groups excluding carboxylic acids is 1. The van der Waals surface area contributed by atoms with Crippen molar-refractivity contribution >= 4 is 5.91 Å². The lowest BCUT2D eigenvalue weighted by Crippen LogP contribution is -2.32. The maximum atomic E-state index is 11.4. The van der Waals surface area contributed by atoms with Gasteiger partial charge in [0, 0.05) is 33.6 Å². The molecule has 1 fully saturated rings. The fraction of sp³-hybridized carbons (Fsp3) is 0.917. The molecule has 16 heavy (non-hydrogen) atoms. The van der Waals surface area contributed by atoms with E-state index in [9.17, 15) is 9.90 Å². The zero-order valence-electron chi connectivity index (χ0n) is 10.7. The minimum atomic E-state index is -0.514. The van der Waals surface area contributed by atoms with Gasteiger partial charge in [0.2, 0.25) is 5.91 Å². The molecule has 0 bridgehead atoms. The minimum Gasteiger partial charge on any atom is -0.390 e. The Hall–Kier alpha value is -0.610. The van der Waals surface area contributed by atoms with E-state index in [2.05, 4.69) is 4.90 Å². The van der Waals surface area contributed by atoms with E-state index in [4.69, 9.17) is 0 Å². The lowest BCUT2D eigenvalue weighted by atomic mass is 9.98. The second-order valence-corrected chi connectivity index (χ2v) is 5.23. The fourth-order valence-electron chi connectivity index (χ4n) is 2.02. The quantitative estimate of drug-likeness (QED) is 0.773. The molecule has 1 aliphatic heterocycles. The summed E-state index contributed by atoms with van der Waals surface area (Å²) in [5.41, 5.74) is -0.514. The van der Waals surface area contributed by atoms with Crippen LogP contribution in [0.1, 0.15) is 32.6 Å². The molecule has 0 radical (unpaired) electrons. The maximum Gasteiger partial charge on any atom is 0.223 e. The monoisotopic (exact) mass is 228 g/mol. The first-order chi connectivity index (χ1) is 7.41. The summed E-state index contributed by atoms with van der Waals surface area (Å²) in [6, 6.07) is 0. The van der Waals surface area contributed by atoms with Crippen molar-refractivity contribution in [3.8, 4) is 0 Å². The number of hydrogen-bond donors (Lipinski definition) is 1. The number of aliphatic hydroxyl groups is 1. The van der Waals surface area contributed by atoms with Gasteiger partial charge in [-0.05, 0) is 32.7 Å². The van der Waals surface area contributed by atoms with Gasteiger partial charge in [-0.1, -0.05) is 0 Å². The van der Waals surface area contributed by atoms with Gasteiger partial charge in [0.05, 0.1) is 5.60 Å². The largest absolute Gasteiger partial charge is 0.390 e. The Kier molecular flexibility index (Phi) is 4.74. The van der Waals surface area contributed by atoms with Crippen LogP contribution in [0.4, 0.5) is 0 Å². The second-order valence-electron chi connectivity index (χ2n) is 5.23. The molecule has 4 nitrogen and oxygen atoms in total. The standard InChI is InChI=1S/C12H24N2O2/c1-12(16)6-4-8-14(10-7-12)9-5-11(15)13(2)3/h16H,4-10H2,1-3H3. The van der Waals surface area contributed by atoms with Crippen LogP contribution in [0.25, 0.3) is 0 Å². The Labute approximate surface area is 98.2 Å². The number of nitrogens with zero attached hydrogens (tertiary/aromatic N) is 2. The van der Waals surface area contributed by atoms with Crippen LogP contribution in [0.15, 0.2) is 0 Å². The summed E-state index contributed by atoms with van der Waals surface area (Å²) < 4.78 is 0. The Morgan fingerprint density at radius 3 is 2.69 bits per heavy atom. The van der Waals surface area contributed by atoms with E-state index in [1.807, 2.05) is 6.92 Å². The number of hydrogen-bond acceptors (Lipinski definition) is 3. The van der Waals surface area contributed by atoms with Gasteiger partial charge in [-0.3, -0.25) is 4.79 Å². The molecule has 0 saturated carbocycles. The van der Waals surface area contributed by atoms with Gasteiger partial charge in [-0.15, -0.1) is 0 Å². The molecule has 0 aromatic rings. The Balaban J connectivity index is 2.31. The summed E-state index contributed by atoms with van der Waals surface area (Å²) in [7, 11) is 3.57. The average Bonchev–Trinajstić information content (AvgIpc) is 2.36. The predicted octanol–water partition coefficient (Wildman–Crippen LogP) is 0.702. The first-order valence-corrected chi connectivity index (χ1v) is 6.06. The van der Waals surface area contributed by atoms with Crippen molar-refractivity contribution in [1.82, 2.24) is 9.80 Å². The molecule has 0 aromatic heterocycles. The number of amides is 1. The van der Waals surface area contributed by atoms with Crippen LogP contribution in [-0.4, -0.2) is 60.1 Å². The van der Waals surface area contributed by atoms with Gasteiger partial charge in [-0.25, -0.2) is 0 Å². The Bertz CT molecular complexity index is 239. The third-order valence-electron chi connectivity index (χ3n) is 3.30. The highest BCUT2D eigenvalue weighted by atomic mass is 16.3. The van der Waals surface area contributed by atoms with Gasteiger partial charge in [-0.2, -0.15) is 0 Å². The van der Waals surface area contributed by atoms with Crippen molar-refractivity contribution in [3.05, 3.63) is 0 Å². The lowest BCUT2D eigenvalue weighted by Gasteiger charge is -2.22. The van der Waals surface area contributed by atoms with Crippen molar-refractivity contribution in [1.29, 1.82) is 0 Å². The summed E-state index contributed by atoms with van der Waals surface area (Å²) in [4.78, 5) is 15.4. The fourth-order valence-corrected chi connectivity index (χ4v) is 2.02. The molecule has 1 rings (SSSR count). The van der Waals surface area contributed by atoms with Crippen molar-refractivity contribution < 1.29 is 9.90 Å². The zero-order valence-corrected chi connectivity index (χ0v) is 10.7. The SMILES string of the molecule is CN(C)C(=O)CCN1CCCC(C)(O)CC1. The van der Waals surface area contributed by atoms with Gasteiger partial charge in [0.15, 0.2) is 0 Å². The van der Waals surface area contributed by atoms with E-state index in [0.717, 1.165) is 38.9 Å². The van der Waals surface area contributed by atoms with E-state index in [0.29, 0.717) is 6.42 Å². The smallest absolute Gasteiger partial charge is 0.223 e. The summed E-state index contributed by atoms with van der Waals surface area (Å²) in [5, 5.41) is 9.94. The molecule has 0 aromatic carbocycles. The van der Waals surface area contributed by atoms with Crippen molar-refractivity contribution in [2.24, 2.45) is 0 Å². The zero-order chi connectivity index (χ0) is 12.2. The minimum absolute atomic E-state index is 0.177. The average molecular weight is 228 g/mol. The molecule has 0 spiro atoms. The Morgan fingerprint density at radius 1 is 1.38 bits per heavy atom. The first-order valence-electron chi connectivity index (χ1n) is 6.06. The molecule has 0 aliphatic carbocycles. The molecular formula is C12H24N2O2. The van der Waals surface area contributed by atoms with Gasteiger partial charge in [0.25, 0.3) is 0 Å². The van der Waals surface area contributed by atoms with E-state index in [-0.39, 0.29) is 5.91 Å². The number of likely N-dealkylation sites (tertiary alicyclic amines) is 1. The normalized spacial score (nSPS) is 27.5. The van der Waals surface area contributed by atoms with Crippen LogP contribution >= 0.6 is 0 Å².